The van der Waals surface area contributed by atoms with Crippen LogP contribution in [0.2, 0.25) is 0 Å². The Kier molecular flexibility index (Phi) is 4.99. The number of benzene rings is 1. The highest BCUT2D eigenvalue weighted by atomic mass is 16.5. The van der Waals surface area contributed by atoms with Gasteiger partial charge in [0.2, 0.25) is 11.4 Å². The summed E-state index contributed by atoms with van der Waals surface area (Å²) in [7, 11) is 1.85. The minimum absolute atomic E-state index is 0.0253. The lowest BCUT2D eigenvalue weighted by atomic mass is 10.1. The largest absolute Gasteiger partial charge is 0.504 e. The van der Waals surface area contributed by atoms with Crippen LogP contribution in [0, 0.1) is 6.92 Å². The molecule has 0 aliphatic heterocycles. The molecule has 0 saturated carbocycles. The first-order valence-corrected chi connectivity index (χ1v) is 7.21. The van der Waals surface area contributed by atoms with E-state index in [4.69, 9.17) is 4.74 Å². The Balaban J connectivity index is 2.03. The Bertz CT molecular complexity index is 684. The second kappa shape index (κ2) is 6.93. The molecule has 5 heteroatoms. The summed E-state index contributed by atoms with van der Waals surface area (Å²) < 4.78 is 7.29. The van der Waals surface area contributed by atoms with Crippen LogP contribution in [0.3, 0.4) is 0 Å². The van der Waals surface area contributed by atoms with E-state index in [1.54, 1.807) is 6.20 Å². The number of hydrogen-bond donors (Lipinski definition) is 2. The number of nitrogens with one attached hydrogen (secondary N) is 1. The van der Waals surface area contributed by atoms with Crippen molar-refractivity contribution in [1.29, 1.82) is 0 Å². The Morgan fingerprint density at radius 3 is 2.77 bits per heavy atom. The summed E-state index contributed by atoms with van der Waals surface area (Å²) in [4.78, 5) is 12.0. The van der Waals surface area contributed by atoms with Crippen LogP contribution >= 0.6 is 0 Å². The van der Waals surface area contributed by atoms with Gasteiger partial charge in [0.05, 0.1) is 0 Å². The van der Waals surface area contributed by atoms with E-state index in [1.165, 1.54) is 6.07 Å². The van der Waals surface area contributed by atoms with Gasteiger partial charge in [0, 0.05) is 18.7 Å². The second-order valence-corrected chi connectivity index (χ2v) is 5.07. The van der Waals surface area contributed by atoms with Crippen LogP contribution < -0.4 is 14.6 Å². The molecule has 0 spiro atoms. The first-order chi connectivity index (χ1) is 10.5. The third-order valence-corrected chi connectivity index (χ3v) is 3.57. The molecule has 1 aromatic carbocycles. The highest BCUT2D eigenvalue weighted by Gasteiger charge is 2.16. The predicted octanol–water partition coefficient (Wildman–Crippen LogP) is 2.11. The van der Waals surface area contributed by atoms with Crippen molar-refractivity contribution in [3.8, 4) is 11.5 Å². The summed E-state index contributed by atoms with van der Waals surface area (Å²) in [5.74, 6) is 0.0903. The molecular weight excluding hydrogens is 280 g/mol. The molecule has 22 heavy (non-hydrogen) atoms. The Labute approximate surface area is 130 Å². The smallest absolute Gasteiger partial charge is 0.262 e. The van der Waals surface area contributed by atoms with Gasteiger partial charge in [-0.2, -0.15) is 0 Å². The molecule has 0 aliphatic carbocycles. The maximum absolute atomic E-state index is 12.0. The molecule has 0 atom stereocenters. The molecule has 0 radical (unpaired) electrons. The molecule has 2 N–H and O–H groups in total. The fraction of sp³-hybridized carbons (Fsp3) is 0.294. The fourth-order valence-corrected chi connectivity index (χ4v) is 2.17. The zero-order chi connectivity index (χ0) is 16.1. The highest BCUT2D eigenvalue weighted by molar-refractivity contribution is 5.92. The van der Waals surface area contributed by atoms with Gasteiger partial charge in [0.1, 0.15) is 7.05 Å². The summed E-state index contributed by atoms with van der Waals surface area (Å²) in [5.41, 5.74) is 2.61. The van der Waals surface area contributed by atoms with Crippen molar-refractivity contribution in [2.75, 3.05) is 11.9 Å². The first-order valence-electron chi connectivity index (χ1n) is 7.21. The number of para-hydroxylation sites is 1. The van der Waals surface area contributed by atoms with E-state index in [0.29, 0.717) is 5.75 Å². The average Bonchev–Trinajstić information content (AvgIpc) is 2.51. The van der Waals surface area contributed by atoms with Crippen molar-refractivity contribution in [2.45, 2.75) is 20.3 Å². The van der Waals surface area contributed by atoms with Gasteiger partial charge in [-0.25, -0.2) is 4.57 Å². The van der Waals surface area contributed by atoms with E-state index in [9.17, 15) is 9.90 Å². The molecule has 0 saturated heterocycles. The summed E-state index contributed by atoms with van der Waals surface area (Å²) in [5, 5.41) is 12.7. The van der Waals surface area contributed by atoms with Gasteiger partial charge in [0.15, 0.2) is 18.6 Å². The molecule has 1 aromatic heterocycles. The van der Waals surface area contributed by atoms with Gasteiger partial charge in [-0.15, -0.1) is 0 Å². The molecule has 0 fully saturated rings. The maximum Gasteiger partial charge on any atom is 0.262 e. The number of pyridine rings is 1. The van der Waals surface area contributed by atoms with E-state index < -0.39 is 0 Å². The third-order valence-electron chi connectivity index (χ3n) is 3.57. The lowest BCUT2D eigenvalue weighted by Crippen LogP contribution is -2.32. The van der Waals surface area contributed by atoms with Crippen LogP contribution in [0.1, 0.15) is 18.2 Å². The van der Waals surface area contributed by atoms with Crippen LogP contribution in [0.4, 0.5) is 5.69 Å². The molecule has 0 unspecified atom stereocenters. The van der Waals surface area contributed by atoms with E-state index in [0.717, 1.165) is 23.4 Å². The lowest BCUT2D eigenvalue weighted by Gasteiger charge is -2.11. The van der Waals surface area contributed by atoms with Crippen LogP contribution in [0.25, 0.3) is 0 Å². The number of carbonyl (C=O) groups excluding carboxylic acids is 1. The number of carbonyl (C=O) groups is 1. The minimum atomic E-state index is -0.258. The molecule has 116 valence electrons. The zero-order valence-electron chi connectivity index (χ0n) is 13.1. The van der Waals surface area contributed by atoms with Crippen LogP contribution in [-0.4, -0.2) is 17.6 Å². The number of anilines is 1. The topological polar surface area (TPSA) is 62.4 Å². The van der Waals surface area contributed by atoms with Gasteiger partial charge < -0.3 is 15.2 Å². The minimum Gasteiger partial charge on any atom is -0.504 e. The average molecular weight is 301 g/mol. The first kappa shape index (κ1) is 15.8. The molecule has 0 bridgehead atoms. The van der Waals surface area contributed by atoms with Crippen molar-refractivity contribution < 1.29 is 19.2 Å². The van der Waals surface area contributed by atoms with Gasteiger partial charge in [-0.1, -0.05) is 25.1 Å². The van der Waals surface area contributed by atoms with Crippen molar-refractivity contribution in [3.63, 3.8) is 0 Å². The maximum atomic E-state index is 12.0. The number of nitrogens with zero attached hydrogens (tertiary/aromatic N) is 1. The third kappa shape index (κ3) is 3.55. The summed E-state index contributed by atoms with van der Waals surface area (Å²) in [6, 6.07) is 9.19. The van der Waals surface area contributed by atoms with Crippen molar-refractivity contribution in [2.24, 2.45) is 7.05 Å². The predicted molar refractivity (Wildman–Crippen MR) is 84.0 cm³/mol. The number of hydrogen-bond acceptors (Lipinski definition) is 3. The number of ether oxygens (including phenoxy) is 1. The summed E-state index contributed by atoms with van der Waals surface area (Å²) in [6.07, 6.45) is 2.57. The molecule has 2 rings (SSSR count). The lowest BCUT2D eigenvalue weighted by molar-refractivity contribution is -0.678. The normalized spacial score (nSPS) is 10.3. The van der Waals surface area contributed by atoms with Crippen molar-refractivity contribution >= 4 is 11.6 Å². The van der Waals surface area contributed by atoms with Crippen molar-refractivity contribution in [1.82, 2.24) is 0 Å². The SMILES string of the molecule is CCc1ccccc1NC(=O)COc1c(O)cc[n+](C)c1C. The molecular formula is C17H21N2O3+. The number of aromatic nitrogens is 1. The number of aryl methyl sites for hydroxylation is 2. The van der Waals surface area contributed by atoms with Gasteiger partial charge >= 0.3 is 0 Å². The molecule has 0 aliphatic rings. The van der Waals surface area contributed by atoms with Gasteiger partial charge in [-0.3, -0.25) is 4.79 Å². The number of amides is 1. The van der Waals surface area contributed by atoms with Crippen molar-refractivity contribution in [3.05, 3.63) is 47.8 Å². The van der Waals surface area contributed by atoms with Crippen LogP contribution in [0.15, 0.2) is 36.5 Å². The molecule has 2 aromatic rings. The monoisotopic (exact) mass is 301 g/mol. The number of aromatic hydroxyl groups is 1. The molecule has 1 amide bonds. The van der Waals surface area contributed by atoms with E-state index in [1.807, 2.05) is 49.7 Å². The highest BCUT2D eigenvalue weighted by Crippen LogP contribution is 2.26. The Hall–Kier alpha value is -2.56. The second-order valence-electron chi connectivity index (χ2n) is 5.07. The summed E-state index contributed by atoms with van der Waals surface area (Å²) >= 11 is 0. The fourth-order valence-electron chi connectivity index (χ4n) is 2.17. The van der Waals surface area contributed by atoms with Gasteiger partial charge in [0.25, 0.3) is 5.91 Å². The van der Waals surface area contributed by atoms with Crippen LogP contribution in [-0.2, 0) is 18.3 Å². The van der Waals surface area contributed by atoms with E-state index in [-0.39, 0.29) is 18.3 Å². The molecule has 5 nitrogen and oxygen atoms in total. The Morgan fingerprint density at radius 2 is 2.05 bits per heavy atom. The van der Waals surface area contributed by atoms with Gasteiger partial charge in [-0.05, 0) is 18.1 Å². The van der Waals surface area contributed by atoms with Crippen LogP contribution in [0.5, 0.6) is 11.5 Å². The Morgan fingerprint density at radius 1 is 1.32 bits per heavy atom. The number of rotatable bonds is 5. The summed E-state index contributed by atoms with van der Waals surface area (Å²) in [6.45, 7) is 3.70. The van der Waals surface area contributed by atoms with E-state index in [2.05, 4.69) is 5.32 Å². The van der Waals surface area contributed by atoms with E-state index >= 15 is 0 Å². The molecule has 1 heterocycles. The quantitative estimate of drug-likeness (QED) is 0.831. The standard InChI is InChI=1S/C17H20N2O3/c1-4-13-7-5-6-8-14(13)18-16(21)11-22-17-12(2)19(3)10-9-15(17)20/h5-10H,4,11H2,1-3H3,(H,18,21)/p+1. The zero-order valence-corrected chi connectivity index (χ0v) is 13.1.